The van der Waals surface area contributed by atoms with Crippen molar-refractivity contribution < 1.29 is 14.2 Å². The molecule has 53 heavy (non-hydrogen) atoms. The maximum atomic E-state index is 10.1. The number of allylic oxidation sites excluding steroid dienone is 1. The summed E-state index contributed by atoms with van der Waals surface area (Å²) in [5.74, 6) is 0.601. The Kier molecular flexibility index (Phi) is 11.1. The van der Waals surface area contributed by atoms with Crippen LogP contribution in [0.4, 0.5) is 17.1 Å². The number of benzene rings is 3. The number of aryl methyl sites for hydroxylation is 1. The van der Waals surface area contributed by atoms with Crippen LogP contribution in [0.25, 0.3) is 0 Å². The fraction of sp³-hybridized carbons (Fsp3) is 0.425. The summed E-state index contributed by atoms with van der Waals surface area (Å²) in [5.41, 5.74) is 8.76. The Hall–Kier alpha value is -4.80. The maximum Gasteiger partial charge on any atom is 0.218 e. The summed E-state index contributed by atoms with van der Waals surface area (Å²) < 4.78 is 19.1. The summed E-state index contributed by atoms with van der Waals surface area (Å²) in [6.07, 6.45) is 7.55. The first-order chi connectivity index (χ1) is 25.8. The van der Waals surface area contributed by atoms with Gasteiger partial charge in [-0.3, -0.25) is 4.90 Å². The summed E-state index contributed by atoms with van der Waals surface area (Å²) in [5, 5.41) is 23.6. The van der Waals surface area contributed by atoms with E-state index in [0.29, 0.717) is 42.1 Å². The van der Waals surface area contributed by atoms with Gasteiger partial charge in [-0.15, -0.1) is 0 Å². The highest BCUT2D eigenvalue weighted by Gasteiger charge is 2.46. The van der Waals surface area contributed by atoms with E-state index in [-0.39, 0.29) is 12.7 Å². The zero-order valence-electron chi connectivity index (χ0n) is 30.9. The van der Waals surface area contributed by atoms with E-state index in [4.69, 9.17) is 30.9 Å². The molecule has 3 unspecified atom stereocenters. The van der Waals surface area contributed by atoms with Crippen molar-refractivity contribution in [3.05, 3.63) is 94.3 Å². The molecule has 2 saturated heterocycles. The Morgan fingerprint density at radius 3 is 2.51 bits per heavy atom. The van der Waals surface area contributed by atoms with Crippen LogP contribution in [0.15, 0.2) is 82.8 Å². The number of rotatable bonds is 12. The normalized spacial score (nSPS) is 22.7. The molecule has 0 aromatic heterocycles. The van der Waals surface area contributed by atoms with E-state index < -0.39 is 5.79 Å². The number of nitriles is 1. The molecule has 12 nitrogen and oxygen atoms in total. The van der Waals surface area contributed by atoms with Gasteiger partial charge in [-0.05, 0) is 86.9 Å². The van der Waals surface area contributed by atoms with E-state index in [9.17, 15) is 5.26 Å². The van der Waals surface area contributed by atoms with Crippen LogP contribution in [0.5, 0.6) is 5.75 Å². The van der Waals surface area contributed by atoms with Crippen molar-refractivity contribution in [2.24, 2.45) is 10.2 Å². The van der Waals surface area contributed by atoms with E-state index in [1.165, 1.54) is 5.69 Å². The molecule has 4 aliphatic rings. The fourth-order valence-electron chi connectivity index (χ4n) is 7.12. The first-order valence-electron chi connectivity index (χ1n) is 18.5. The van der Waals surface area contributed by atoms with Crippen molar-refractivity contribution in [2.45, 2.75) is 58.5 Å². The number of nitrogens with zero attached hydrogens (tertiary/aromatic N) is 8. The second-order valence-electron chi connectivity index (χ2n) is 13.8. The minimum absolute atomic E-state index is 0.250. The van der Waals surface area contributed by atoms with Crippen LogP contribution in [0.2, 0.25) is 5.02 Å². The molecule has 0 spiro atoms. The topological polar surface area (TPSA) is 104 Å². The zero-order chi connectivity index (χ0) is 37.0. The van der Waals surface area contributed by atoms with E-state index in [2.05, 4.69) is 87.4 Å². The van der Waals surface area contributed by atoms with Crippen molar-refractivity contribution in [3.63, 3.8) is 0 Å². The van der Waals surface area contributed by atoms with Gasteiger partial charge in [0.25, 0.3) is 0 Å². The van der Waals surface area contributed by atoms with Crippen molar-refractivity contribution in [1.29, 1.82) is 5.26 Å². The van der Waals surface area contributed by atoms with E-state index in [1.807, 2.05) is 49.7 Å². The van der Waals surface area contributed by atoms with Crippen LogP contribution < -0.4 is 24.9 Å². The van der Waals surface area contributed by atoms with Crippen LogP contribution in [0.3, 0.4) is 0 Å². The number of hydrazone groups is 2. The number of hydrazine groups is 1. The van der Waals surface area contributed by atoms with Crippen LogP contribution in [-0.4, -0.2) is 87.3 Å². The first kappa shape index (κ1) is 36.6. The molecule has 1 N–H and O–H groups in total. The molecular weight excluding hydrogens is 690 g/mol. The number of piperazine rings is 1. The molecule has 3 aromatic carbocycles. The van der Waals surface area contributed by atoms with Gasteiger partial charge < -0.3 is 24.0 Å². The molecule has 0 saturated carbocycles. The molecule has 3 atom stereocenters. The number of halogens is 1. The van der Waals surface area contributed by atoms with Gasteiger partial charge in [0.05, 0.1) is 30.4 Å². The highest BCUT2D eigenvalue weighted by Crippen LogP contribution is 2.40. The van der Waals surface area contributed by atoms with E-state index >= 15 is 0 Å². The van der Waals surface area contributed by atoms with Crippen LogP contribution in [0.1, 0.15) is 50.3 Å². The summed E-state index contributed by atoms with van der Waals surface area (Å²) in [7, 11) is 0. The Morgan fingerprint density at radius 2 is 1.81 bits per heavy atom. The van der Waals surface area contributed by atoms with Gasteiger partial charge in [0.1, 0.15) is 43.2 Å². The monoisotopic (exact) mass is 737 g/mol. The SMILES string of the molecule is CC/C=C1\N(c2ccc(N3CCN(c4ccc(OCC5COC(CN6N=CCN6)(c6ccc(C)cc6Cl)O5)cc4C#N)CC3)cc2)C=NN1C(C)CC. The molecule has 278 valence electrons. The lowest BCUT2D eigenvalue weighted by Crippen LogP contribution is -2.46. The lowest BCUT2D eigenvalue weighted by Gasteiger charge is -2.38. The molecule has 4 aliphatic heterocycles. The molecule has 3 aromatic rings. The maximum absolute atomic E-state index is 10.1. The van der Waals surface area contributed by atoms with Crippen LogP contribution in [0, 0.1) is 18.3 Å². The Morgan fingerprint density at radius 1 is 1.04 bits per heavy atom. The summed E-state index contributed by atoms with van der Waals surface area (Å²) in [4.78, 5) is 6.84. The number of hydrogen-bond acceptors (Lipinski definition) is 12. The number of anilines is 3. The average Bonchev–Trinajstić information content (AvgIpc) is 3.95. The van der Waals surface area contributed by atoms with Gasteiger partial charge in [-0.2, -0.15) is 15.5 Å². The number of hydrogen-bond donors (Lipinski definition) is 1. The van der Waals surface area contributed by atoms with Crippen molar-refractivity contribution >= 4 is 41.2 Å². The summed E-state index contributed by atoms with van der Waals surface area (Å²) in [6, 6.07) is 23.0. The smallest absolute Gasteiger partial charge is 0.218 e. The predicted molar refractivity (Wildman–Crippen MR) is 210 cm³/mol. The lowest BCUT2D eigenvalue weighted by atomic mass is 10.0. The number of ether oxygens (including phenoxy) is 3. The third kappa shape index (κ3) is 7.80. The third-order valence-electron chi connectivity index (χ3n) is 10.1. The second-order valence-corrected chi connectivity index (χ2v) is 14.2. The summed E-state index contributed by atoms with van der Waals surface area (Å²) >= 11 is 6.70. The van der Waals surface area contributed by atoms with Gasteiger partial charge in [0.15, 0.2) is 0 Å². The standard InChI is InChI=1S/C40H48ClN9O3/c1-5-7-39-48(28-45-50(39)30(4)6-2)33-11-9-32(10-12-33)46-18-20-47(21-19-46)38-15-13-34(23-31(38)24-42)51-25-35-26-52-40(53-35,27-49-43-16-17-44-49)36-14-8-29(3)22-37(36)41/h7-16,22-23,28,30,35,44H,5-6,17-21,25-27H2,1-4H3/b39-7+. The van der Waals surface area contributed by atoms with E-state index in [1.54, 1.807) is 11.3 Å². The zero-order valence-corrected chi connectivity index (χ0v) is 31.7. The highest BCUT2D eigenvalue weighted by molar-refractivity contribution is 6.31. The molecule has 0 amide bonds. The molecule has 13 heteroatoms. The van der Waals surface area contributed by atoms with Crippen LogP contribution in [-0.2, 0) is 15.3 Å². The van der Waals surface area contributed by atoms with Crippen molar-refractivity contribution in [1.82, 2.24) is 15.6 Å². The highest BCUT2D eigenvalue weighted by atomic mass is 35.5. The van der Waals surface area contributed by atoms with Gasteiger partial charge in [0, 0.05) is 54.4 Å². The third-order valence-corrected chi connectivity index (χ3v) is 10.5. The summed E-state index contributed by atoms with van der Waals surface area (Å²) in [6.45, 7) is 13.4. The molecule has 2 fully saturated rings. The van der Waals surface area contributed by atoms with Gasteiger partial charge >= 0.3 is 0 Å². The first-order valence-corrected chi connectivity index (χ1v) is 18.9. The second kappa shape index (κ2) is 16.1. The lowest BCUT2D eigenvalue weighted by molar-refractivity contribution is -0.195. The number of nitrogens with one attached hydrogen (secondary N) is 1. The quantitative estimate of drug-likeness (QED) is 0.224. The minimum Gasteiger partial charge on any atom is -0.491 e. The average molecular weight is 738 g/mol. The minimum atomic E-state index is -1.12. The van der Waals surface area contributed by atoms with Gasteiger partial charge in [0.2, 0.25) is 5.79 Å². The molecule has 0 radical (unpaired) electrons. The Bertz CT molecular complexity index is 1890. The molecule has 4 heterocycles. The largest absolute Gasteiger partial charge is 0.491 e. The van der Waals surface area contributed by atoms with Gasteiger partial charge in [-0.1, -0.05) is 37.6 Å². The molecule has 0 bridgehead atoms. The predicted octanol–water partition coefficient (Wildman–Crippen LogP) is 6.42. The Labute approximate surface area is 317 Å². The molecular formula is C40H48ClN9O3. The molecule has 0 aliphatic carbocycles. The molecule has 7 rings (SSSR count). The van der Waals surface area contributed by atoms with Crippen molar-refractivity contribution in [2.75, 3.05) is 67.2 Å². The fourth-order valence-corrected chi connectivity index (χ4v) is 7.50. The van der Waals surface area contributed by atoms with Crippen molar-refractivity contribution in [3.8, 4) is 11.8 Å². The Balaban J connectivity index is 0.953. The van der Waals surface area contributed by atoms with E-state index in [0.717, 1.165) is 67.3 Å². The van der Waals surface area contributed by atoms with Gasteiger partial charge in [-0.25, -0.2) is 15.6 Å². The van der Waals surface area contributed by atoms with Crippen LogP contribution >= 0.6 is 11.6 Å².